The van der Waals surface area contributed by atoms with E-state index in [-0.39, 0.29) is 0 Å². The second kappa shape index (κ2) is 11.0. The number of ether oxygens (including phenoxy) is 1. The molecule has 0 aromatic carbocycles. The van der Waals surface area contributed by atoms with E-state index in [1.807, 2.05) is 0 Å². The van der Waals surface area contributed by atoms with Crippen LogP contribution >= 0.6 is 0 Å². The highest BCUT2D eigenvalue weighted by Gasteiger charge is 2.99. The van der Waals surface area contributed by atoms with Crippen LogP contribution in [-0.2, 0) is 9.53 Å². The van der Waals surface area contributed by atoms with Crippen molar-refractivity contribution in [1.82, 2.24) is 0 Å². The minimum absolute atomic E-state index is 0.355. The molecule has 0 heterocycles. The normalized spacial score (nSPS) is 16.6. The third kappa shape index (κ3) is 5.49. The largest absolute Gasteiger partial charge is 0.473 e. The van der Waals surface area contributed by atoms with E-state index in [1.54, 1.807) is 0 Å². The molecule has 0 saturated carbocycles. The summed E-state index contributed by atoms with van der Waals surface area (Å²) in [4.78, 5) is 11.2. The van der Waals surface area contributed by atoms with E-state index < -0.39 is 89.5 Å². The summed E-state index contributed by atoms with van der Waals surface area (Å²) >= 11 is 0. The van der Waals surface area contributed by atoms with Crippen molar-refractivity contribution in [3.8, 4) is 0 Å². The Morgan fingerprint density at radius 3 is 0.889 bits per heavy atom. The van der Waals surface area contributed by atoms with Gasteiger partial charge in [0.15, 0.2) is 0 Å². The van der Waals surface area contributed by atoms with Crippen molar-refractivity contribution in [3.63, 3.8) is 0 Å². The SMILES string of the molecule is CCC=C(C)C(=O)OC(F)(F)C(F)(F)C(F)(F)C(F)(F)C(F)(F)C(F)(F)C(F)(F)C(F)(F)C(F)(F)C(F)(F)C(F)(F)C(F)(F)F. The highest BCUT2D eigenvalue weighted by molar-refractivity contribution is 5.87. The highest BCUT2D eigenvalue weighted by Crippen LogP contribution is 2.67. The second-order valence-electron chi connectivity index (χ2n) is 8.44. The maximum atomic E-state index is 13.8. The first-order valence-corrected chi connectivity index (χ1v) is 10.2. The van der Waals surface area contributed by atoms with Gasteiger partial charge in [0.2, 0.25) is 0 Å². The average Bonchev–Trinajstić information content (AvgIpc) is 2.81. The number of esters is 1. The fourth-order valence-electron chi connectivity index (χ4n) is 2.59. The number of alkyl halides is 25. The lowest BCUT2D eigenvalue weighted by Crippen LogP contribution is -2.78. The Morgan fingerprint density at radius 1 is 0.444 bits per heavy atom. The van der Waals surface area contributed by atoms with Crippen molar-refractivity contribution >= 4 is 5.97 Å². The minimum Gasteiger partial charge on any atom is -0.393 e. The number of rotatable bonds is 13. The summed E-state index contributed by atoms with van der Waals surface area (Å²) in [5.41, 5.74) is -1.27. The number of hydrogen-bond acceptors (Lipinski definition) is 2. The van der Waals surface area contributed by atoms with E-state index in [0.29, 0.717) is 13.0 Å². The molecule has 0 amide bonds. The van der Waals surface area contributed by atoms with E-state index in [9.17, 15) is 115 Å². The van der Waals surface area contributed by atoms with E-state index in [2.05, 4.69) is 4.74 Å². The maximum absolute atomic E-state index is 13.8. The van der Waals surface area contributed by atoms with Gasteiger partial charge >= 0.3 is 77.5 Å². The minimum atomic E-state index is -9.66. The van der Waals surface area contributed by atoms with Crippen LogP contribution in [-0.4, -0.2) is 77.5 Å². The van der Waals surface area contributed by atoms with Gasteiger partial charge in [0.1, 0.15) is 0 Å². The first kappa shape index (κ1) is 42.5. The first-order valence-electron chi connectivity index (χ1n) is 10.2. The third-order valence-corrected chi connectivity index (χ3v) is 5.32. The van der Waals surface area contributed by atoms with Crippen LogP contribution in [0.2, 0.25) is 0 Å². The van der Waals surface area contributed by atoms with Crippen molar-refractivity contribution < 1.29 is 119 Å². The number of carbonyl (C=O) groups is 1. The van der Waals surface area contributed by atoms with Gasteiger partial charge < -0.3 is 4.74 Å². The summed E-state index contributed by atoms with van der Waals surface area (Å²) < 4.78 is 336. The Hall–Kier alpha value is -2.54. The van der Waals surface area contributed by atoms with Crippen molar-refractivity contribution in [2.24, 2.45) is 0 Å². The summed E-state index contributed by atoms with van der Waals surface area (Å²) in [6, 6.07) is 0. The van der Waals surface area contributed by atoms with Gasteiger partial charge in [-0.2, -0.15) is 110 Å². The Balaban J connectivity index is 7.29. The van der Waals surface area contributed by atoms with Crippen molar-refractivity contribution in [3.05, 3.63) is 11.6 Å². The van der Waals surface area contributed by atoms with E-state index in [0.717, 1.165) is 6.92 Å². The van der Waals surface area contributed by atoms with Crippen LogP contribution in [0.1, 0.15) is 20.3 Å². The maximum Gasteiger partial charge on any atom is 0.473 e. The topological polar surface area (TPSA) is 26.3 Å². The molecule has 0 saturated heterocycles. The second-order valence-corrected chi connectivity index (χ2v) is 8.44. The Kier molecular flexibility index (Phi) is 10.4. The molecule has 0 bridgehead atoms. The van der Waals surface area contributed by atoms with Gasteiger partial charge in [0, 0.05) is 5.57 Å². The molecule has 0 spiro atoms. The van der Waals surface area contributed by atoms with Crippen LogP contribution in [0, 0.1) is 0 Å². The number of carbonyl (C=O) groups excluding carboxylic acids is 1. The number of allylic oxidation sites excluding steroid dienone is 1. The van der Waals surface area contributed by atoms with Gasteiger partial charge in [-0.25, -0.2) is 4.79 Å². The fourth-order valence-corrected chi connectivity index (χ4v) is 2.59. The van der Waals surface area contributed by atoms with Gasteiger partial charge in [-0.05, 0) is 13.3 Å². The Labute approximate surface area is 230 Å². The summed E-state index contributed by atoms with van der Waals surface area (Å²) in [7, 11) is 0. The van der Waals surface area contributed by atoms with Crippen LogP contribution in [0.25, 0.3) is 0 Å². The van der Waals surface area contributed by atoms with Crippen LogP contribution in [0.4, 0.5) is 110 Å². The lowest BCUT2D eigenvalue weighted by atomic mass is 9.85. The molecule has 268 valence electrons. The smallest absolute Gasteiger partial charge is 0.393 e. The summed E-state index contributed by atoms with van der Waals surface area (Å²) in [6.07, 6.45) is -15.7. The first-order chi connectivity index (χ1) is 19.1. The lowest BCUT2D eigenvalue weighted by Gasteiger charge is -2.45. The molecule has 0 radical (unpaired) electrons. The summed E-state index contributed by atoms with van der Waals surface area (Å²) in [5.74, 6) is -95.5. The molecule has 0 aliphatic rings. The van der Waals surface area contributed by atoms with Gasteiger partial charge in [-0.1, -0.05) is 13.0 Å². The van der Waals surface area contributed by atoms with Crippen molar-refractivity contribution in [2.45, 2.75) is 91.8 Å². The van der Waals surface area contributed by atoms with E-state index in [1.165, 1.54) is 0 Å². The Morgan fingerprint density at radius 2 is 0.667 bits per heavy atom. The molecule has 0 aromatic rings. The van der Waals surface area contributed by atoms with Crippen molar-refractivity contribution in [1.29, 1.82) is 0 Å². The lowest BCUT2D eigenvalue weighted by molar-refractivity contribution is -0.487. The molecule has 0 aliphatic heterocycles. The third-order valence-electron chi connectivity index (χ3n) is 5.32. The van der Waals surface area contributed by atoms with Crippen LogP contribution in [0.15, 0.2) is 11.6 Å². The molecule has 0 N–H and O–H groups in total. The zero-order chi connectivity index (χ0) is 37.3. The van der Waals surface area contributed by atoms with Gasteiger partial charge in [0.25, 0.3) is 0 Å². The predicted octanol–water partition coefficient (Wildman–Crippen LogP) is 9.39. The predicted molar refractivity (Wildman–Crippen MR) is 90.6 cm³/mol. The van der Waals surface area contributed by atoms with E-state index in [4.69, 9.17) is 0 Å². The van der Waals surface area contributed by atoms with E-state index >= 15 is 0 Å². The molecule has 2 nitrogen and oxygen atoms in total. The number of hydrogen-bond donors (Lipinski definition) is 0. The Bertz CT molecular complexity index is 1130. The zero-order valence-corrected chi connectivity index (χ0v) is 20.6. The van der Waals surface area contributed by atoms with Crippen molar-refractivity contribution in [2.75, 3.05) is 0 Å². The summed E-state index contributed by atoms with van der Waals surface area (Å²) in [5, 5.41) is 0. The molecule has 45 heavy (non-hydrogen) atoms. The highest BCUT2D eigenvalue weighted by atomic mass is 19.4. The van der Waals surface area contributed by atoms with Gasteiger partial charge in [-0.15, -0.1) is 0 Å². The molecule has 0 aromatic heterocycles. The molecule has 27 heteroatoms. The average molecular weight is 732 g/mol. The molecule has 0 aliphatic carbocycles. The summed E-state index contributed by atoms with van der Waals surface area (Å²) in [6.45, 7) is 1.41. The van der Waals surface area contributed by atoms with Gasteiger partial charge in [-0.3, -0.25) is 0 Å². The number of halogens is 25. The molecular formula is C18H9F25O2. The molecular weight excluding hydrogens is 723 g/mol. The molecule has 0 rings (SSSR count). The molecule has 0 unspecified atom stereocenters. The van der Waals surface area contributed by atoms with Crippen LogP contribution in [0.3, 0.4) is 0 Å². The van der Waals surface area contributed by atoms with Crippen LogP contribution in [0.5, 0.6) is 0 Å². The van der Waals surface area contributed by atoms with Crippen LogP contribution < -0.4 is 0 Å². The standard InChI is InChI=1S/C18H9F25O2/c1-3-4-5(2)6(44)45-18(42,43)16(37,38)14(33,34)12(29,30)10(25,26)8(21,22)7(19,20)9(23,24)11(27,28)13(31,32)15(35,36)17(39,40)41/h4H,3H2,1-2H3. The van der Waals surface area contributed by atoms with Gasteiger partial charge in [0.05, 0.1) is 0 Å². The fraction of sp³-hybridized carbons (Fsp3) is 0.833. The zero-order valence-electron chi connectivity index (χ0n) is 20.6. The monoisotopic (exact) mass is 732 g/mol. The quantitative estimate of drug-likeness (QED) is 0.107. The molecule has 0 atom stereocenters. The molecule has 0 fully saturated rings.